The summed E-state index contributed by atoms with van der Waals surface area (Å²) in [7, 11) is 0. The van der Waals surface area contributed by atoms with E-state index in [9.17, 15) is 4.79 Å². The highest BCUT2D eigenvalue weighted by Crippen LogP contribution is 2.41. The lowest BCUT2D eigenvalue weighted by Gasteiger charge is -2.40. The fraction of sp³-hybridized carbons (Fsp3) is 0.917. The number of nitrogens with zero attached hydrogens (tertiary/aromatic N) is 1. The molecule has 2 aliphatic heterocycles. The number of hydrogen-bond donors (Lipinski definition) is 0. The molecule has 3 atom stereocenters. The van der Waals surface area contributed by atoms with E-state index in [0.29, 0.717) is 18.0 Å². The molecule has 0 aliphatic carbocycles. The van der Waals surface area contributed by atoms with Crippen molar-refractivity contribution in [2.24, 2.45) is 11.8 Å². The molecule has 2 rings (SSSR count). The van der Waals surface area contributed by atoms with Crippen LogP contribution in [0.2, 0.25) is 0 Å². The largest absolute Gasteiger partial charge is 0.337 e. The predicted octanol–water partition coefficient (Wildman–Crippen LogP) is 2.43. The lowest BCUT2D eigenvalue weighted by Crippen LogP contribution is -2.46. The molecule has 0 aromatic rings. The predicted molar refractivity (Wildman–Crippen MR) is 56.9 cm³/mol. The van der Waals surface area contributed by atoms with Gasteiger partial charge in [0.05, 0.1) is 0 Å². The van der Waals surface area contributed by atoms with Gasteiger partial charge in [-0.15, -0.1) is 0 Å². The average molecular weight is 195 g/mol. The van der Waals surface area contributed by atoms with Crippen molar-refractivity contribution in [1.29, 1.82) is 0 Å². The Morgan fingerprint density at radius 1 is 1.21 bits per heavy atom. The van der Waals surface area contributed by atoms with E-state index >= 15 is 0 Å². The van der Waals surface area contributed by atoms with E-state index in [0.717, 1.165) is 11.8 Å². The smallest absolute Gasteiger partial charge is 0.219 e. The Kier molecular flexibility index (Phi) is 2.54. The first-order valence-electron chi connectivity index (χ1n) is 5.88. The molecule has 0 N–H and O–H groups in total. The van der Waals surface area contributed by atoms with E-state index in [1.807, 2.05) is 0 Å². The first-order valence-corrected chi connectivity index (χ1v) is 5.88. The lowest BCUT2D eigenvalue weighted by atomic mass is 9.82. The number of fused-ring (bicyclic) bond motifs is 2. The standard InChI is InChI=1S/C12H21NO/c1-8(2)10-6-11-4-5-12(7-10)13(11)9(3)14/h8,10-12H,4-7H2,1-3H3/t10?,11-,12+. The van der Waals surface area contributed by atoms with Gasteiger partial charge in [0, 0.05) is 19.0 Å². The zero-order chi connectivity index (χ0) is 10.3. The van der Waals surface area contributed by atoms with Gasteiger partial charge in [-0.3, -0.25) is 4.79 Å². The first-order chi connectivity index (χ1) is 6.59. The Morgan fingerprint density at radius 2 is 1.71 bits per heavy atom. The van der Waals surface area contributed by atoms with Crippen molar-refractivity contribution in [2.45, 2.75) is 58.5 Å². The van der Waals surface area contributed by atoms with E-state index in [-0.39, 0.29) is 0 Å². The minimum absolute atomic E-state index is 0.291. The molecular formula is C12H21NO. The lowest BCUT2D eigenvalue weighted by molar-refractivity contribution is -0.134. The highest BCUT2D eigenvalue weighted by molar-refractivity contribution is 5.74. The van der Waals surface area contributed by atoms with Crippen LogP contribution in [0.25, 0.3) is 0 Å². The molecule has 14 heavy (non-hydrogen) atoms. The zero-order valence-electron chi connectivity index (χ0n) is 9.49. The molecule has 0 aromatic heterocycles. The van der Waals surface area contributed by atoms with Crippen molar-refractivity contribution in [2.75, 3.05) is 0 Å². The van der Waals surface area contributed by atoms with Gasteiger partial charge in [-0.25, -0.2) is 0 Å². The maximum atomic E-state index is 11.5. The summed E-state index contributed by atoms with van der Waals surface area (Å²) >= 11 is 0. The topological polar surface area (TPSA) is 20.3 Å². The zero-order valence-corrected chi connectivity index (χ0v) is 9.49. The van der Waals surface area contributed by atoms with Crippen LogP contribution in [0.4, 0.5) is 0 Å². The Labute approximate surface area is 86.7 Å². The summed E-state index contributed by atoms with van der Waals surface area (Å²) in [6.45, 7) is 6.35. The van der Waals surface area contributed by atoms with Crippen molar-refractivity contribution >= 4 is 5.91 Å². The molecular weight excluding hydrogens is 174 g/mol. The van der Waals surface area contributed by atoms with Crippen LogP contribution in [0.3, 0.4) is 0 Å². The molecule has 0 saturated carbocycles. The monoisotopic (exact) mass is 195 g/mol. The van der Waals surface area contributed by atoms with Gasteiger partial charge in [-0.1, -0.05) is 13.8 Å². The average Bonchev–Trinajstić information content (AvgIpc) is 2.37. The Bertz CT molecular complexity index is 222. The molecule has 0 radical (unpaired) electrons. The second-order valence-electron chi connectivity index (χ2n) is 5.29. The van der Waals surface area contributed by atoms with Crippen molar-refractivity contribution in [3.05, 3.63) is 0 Å². The van der Waals surface area contributed by atoms with Crippen LogP contribution in [0.15, 0.2) is 0 Å². The fourth-order valence-electron chi connectivity index (χ4n) is 3.28. The maximum Gasteiger partial charge on any atom is 0.219 e. The highest BCUT2D eigenvalue weighted by Gasteiger charge is 2.42. The number of rotatable bonds is 1. The summed E-state index contributed by atoms with van der Waals surface area (Å²) in [6.07, 6.45) is 4.97. The number of hydrogen-bond acceptors (Lipinski definition) is 1. The summed E-state index contributed by atoms with van der Waals surface area (Å²) in [5, 5.41) is 0. The Morgan fingerprint density at radius 3 is 2.07 bits per heavy atom. The molecule has 2 saturated heterocycles. The van der Waals surface area contributed by atoms with Crippen LogP contribution < -0.4 is 0 Å². The Balaban J connectivity index is 2.08. The third-order valence-electron chi connectivity index (χ3n) is 4.08. The Hall–Kier alpha value is -0.530. The highest BCUT2D eigenvalue weighted by atomic mass is 16.2. The van der Waals surface area contributed by atoms with Crippen molar-refractivity contribution < 1.29 is 4.79 Å². The fourth-order valence-corrected chi connectivity index (χ4v) is 3.28. The summed E-state index contributed by atoms with van der Waals surface area (Å²) in [6, 6.07) is 1.14. The molecule has 0 spiro atoms. The number of piperidine rings is 1. The normalized spacial score (nSPS) is 36.6. The van der Waals surface area contributed by atoms with Gasteiger partial charge in [-0.05, 0) is 37.5 Å². The van der Waals surface area contributed by atoms with Gasteiger partial charge < -0.3 is 4.90 Å². The van der Waals surface area contributed by atoms with E-state index in [1.54, 1.807) is 6.92 Å². The molecule has 80 valence electrons. The van der Waals surface area contributed by atoms with Crippen molar-refractivity contribution in [3.63, 3.8) is 0 Å². The maximum absolute atomic E-state index is 11.5. The van der Waals surface area contributed by atoms with Crippen molar-refractivity contribution in [1.82, 2.24) is 4.90 Å². The van der Waals surface area contributed by atoms with Crippen LogP contribution in [0.5, 0.6) is 0 Å². The van der Waals surface area contributed by atoms with Crippen LogP contribution in [0, 0.1) is 11.8 Å². The third-order valence-corrected chi connectivity index (χ3v) is 4.08. The van der Waals surface area contributed by atoms with Gasteiger partial charge in [0.1, 0.15) is 0 Å². The SMILES string of the molecule is CC(=O)N1[C@@H]2CC[C@H]1CC(C(C)C)C2. The van der Waals surface area contributed by atoms with Crippen LogP contribution >= 0.6 is 0 Å². The van der Waals surface area contributed by atoms with E-state index in [4.69, 9.17) is 0 Å². The minimum Gasteiger partial charge on any atom is -0.337 e. The van der Waals surface area contributed by atoms with Crippen LogP contribution in [-0.2, 0) is 4.79 Å². The van der Waals surface area contributed by atoms with E-state index < -0.39 is 0 Å². The van der Waals surface area contributed by atoms with Crippen LogP contribution in [0.1, 0.15) is 46.5 Å². The third kappa shape index (κ3) is 1.55. The molecule has 2 heteroatoms. The molecule has 2 bridgehead atoms. The van der Waals surface area contributed by atoms with Gasteiger partial charge in [-0.2, -0.15) is 0 Å². The van der Waals surface area contributed by atoms with Gasteiger partial charge in [0.25, 0.3) is 0 Å². The van der Waals surface area contributed by atoms with Crippen LogP contribution in [-0.4, -0.2) is 22.9 Å². The van der Waals surface area contributed by atoms with E-state index in [1.165, 1.54) is 25.7 Å². The summed E-state index contributed by atoms with van der Waals surface area (Å²) in [5.41, 5.74) is 0. The second kappa shape index (κ2) is 3.56. The molecule has 2 fully saturated rings. The van der Waals surface area contributed by atoms with Gasteiger partial charge >= 0.3 is 0 Å². The molecule has 2 aliphatic rings. The molecule has 0 aromatic carbocycles. The minimum atomic E-state index is 0.291. The molecule has 1 amide bonds. The van der Waals surface area contributed by atoms with Gasteiger partial charge in [0.15, 0.2) is 0 Å². The summed E-state index contributed by atoms with van der Waals surface area (Å²) in [5.74, 6) is 1.93. The van der Waals surface area contributed by atoms with Crippen molar-refractivity contribution in [3.8, 4) is 0 Å². The first kappa shape index (κ1) is 10.0. The second-order valence-corrected chi connectivity index (χ2v) is 5.29. The molecule has 1 unspecified atom stereocenters. The number of amides is 1. The summed E-state index contributed by atoms with van der Waals surface area (Å²) < 4.78 is 0. The molecule has 2 nitrogen and oxygen atoms in total. The van der Waals surface area contributed by atoms with E-state index in [2.05, 4.69) is 18.7 Å². The summed E-state index contributed by atoms with van der Waals surface area (Å²) in [4.78, 5) is 13.6. The number of carbonyl (C=O) groups is 1. The molecule has 2 heterocycles. The van der Waals surface area contributed by atoms with Gasteiger partial charge in [0.2, 0.25) is 5.91 Å². The number of carbonyl (C=O) groups excluding carboxylic acids is 1. The quantitative estimate of drug-likeness (QED) is 0.629.